The second-order valence-electron chi connectivity index (χ2n) is 5.43. The molecule has 0 unspecified atom stereocenters. The Morgan fingerprint density at radius 3 is 2.96 bits per heavy atom. The van der Waals surface area contributed by atoms with Gasteiger partial charge in [-0.2, -0.15) is 0 Å². The van der Waals surface area contributed by atoms with Crippen molar-refractivity contribution in [3.8, 4) is 0 Å². The molecule has 2 heterocycles. The van der Waals surface area contributed by atoms with Crippen LogP contribution in [0.15, 0.2) is 34.2 Å². The fraction of sp³-hybridized carbons (Fsp3) is 0.353. The Hall–Kier alpha value is -1.90. The molecule has 0 saturated heterocycles. The summed E-state index contributed by atoms with van der Waals surface area (Å²) in [6.07, 6.45) is 0.704. The average molecular weight is 377 g/mol. The summed E-state index contributed by atoms with van der Waals surface area (Å²) < 4.78 is 8.65. The molecule has 8 heteroatoms. The molecule has 0 aliphatic carbocycles. The molecule has 0 spiro atoms. The summed E-state index contributed by atoms with van der Waals surface area (Å²) in [4.78, 5) is 28.8. The molecular weight excluding hydrogens is 358 g/mol. The number of thioether (sulfide) groups is 1. The van der Waals surface area contributed by atoms with Gasteiger partial charge in [-0.25, -0.2) is 4.98 Å². The number of carbonyl (C=O) groups is 1. The predicted octanol–water partition coefficient (Wildman–Crippen LogP) is 2.62. The van der Waals surface area contributed by atoms with Gasteiger partial charge in [0.15, 0.2) is 5.16 Å². The van der Waals surface area contributed by atoms with E-state index in [4.69, 9.17) is 10.5 Å². The zero-order valence-corrected chi connectivity index (χ0v) is 15.5. The van der Waals surface area contributed by atoms with Crippen molar-refractivity contribution < 1.29 is 9.53 Å². The van der Waals surface area contributed by atoms with Crippen LogP contribution in [0.25, 0.3) is 20.3 Å². The zero-order valence-electron chi connectivity index (χ0n) is 13.9. The lowest BCUT2D eigenvalue weighted by Gasteiger charge is -2.11. The fourth-order valence-electron chi connectivity index (χ4n) is 2.57. The summed E-state index contributed by atoms with van der Waals surface area (Å²) in [5.41, 5.74) is 5.88. The van der Waals surface area contributed by atoms with Crippen LogP contribution in [0.5, 0.6) is 0 Å². The molecule has 0 atom stereocenters. The van der Waals surface area contributed by atoms with Gasteiger partial charge in [0.1, 0.15) is 4.70 Å². The van der Waals surface area contributed by atoms with Crippen molar-refractivity contribution in [1.29, 1.82) is 0 Å². The molecule has 0 radical (unpaired) electrons. The van der Waals surface area contributed by atoms with E-state index in [2.05, 4.69) is 4.98 Å². The van der Waals surface area contributed by atoms with Crippen LogP contribution in [0, 0.1) is 0 Å². The predicted molar refractivity (Wildman–Crippen MR) is 102 cm³/mol. The van der Waals surface area contributed by atoms with Crippen LogP contribution in [0.1, 0.15) is 13.3 Å². The molecule has 1 aromatic carbocycles. The first-order valence-corrected chi connectivity index (χ1v) is 9.83. The third-order valence-corrected chi connectivity index (χ3v) is 5.81. The molecule has 2 aromatic heterocycles. The molecule has 2 N–H and O–H groups in total. The highest BCUT2D eigenvalue weighted by Crippen LogP contribution is 2.31. The lowest BCUT2D eigenvalue weighted by Crippen LogP contribution is -2.24. The summed E-state index contributed by atoms with van der Waals surface area (Å²) >= 11 is 2.65. The van der Waals surface area contributed by atoms with Gasteiger partial charge in [0.2, 0.25) is 5.91 Å². The second kappa shape index (κ2) is 7.99. The molecule has 0 fully saturated rings. The van der Waals surface area contributed by atoms with E-state index < -0.39 is 5.91 Å². The summed E-state index contributed by atoms with van der Waals surface area (Å²) in [5.74, 6) is -0.346. The number of thiophene rings is 1. The number of amides is 1. The molecule has 1 amide bonds. The highest BCUT2D eigenvalue weighted by molar-refractivity contribution is 7.99. The Bertz CT molecular complexity index is 965. The highest BCUT2D eigenvalue weighted by Gasteiger charge is 2.16. The van der Waals surface area contributed by atoms with Crippen molar-refractivity contribution in [1.82, 2.24) is 9.55 Å². The maximum atomic E-state index is 13.0. The first kappa shape index (κ1) is 17.9. The normalized spacial score (nSPS) is 11.4. The topological polar surface area (TPSA) is 87.2 Å². The fourth-order valence-corrected chi connectivity index (χ4v) is 4.41. The molecule has 6 nitrogen and oxygen atoms in total. The zero-order chi connectivity index (χ0) is 17.8. The van der Waals surface area contributed by atoms with Gasteiger partial charge in [-0.15, -0.1) is 11.3 Å². The lowest BCUT2D eigenvalue weighted by atomic mass is 10.2. The highest BCUT2D eigenvalue weighted by atomic mass is 32.2. The summed E-state index contributed by atoms with van der Waals surface area (Å²) in [6.45, 7) is 3.65. The van der Waals surface area contributed by atoms with Gasteiger partial charge >= 0.3 is 0 Å². The number of nitrogens with two attached hydrogens (primary N) is 1. The Labute approximate surface area is 153 Å². The minimum atomic E-state index is -0.435. The van der Waals surface area contributed by atoms with Crippen LogP contribution < -0.4 is 11.3 Å². The number of hydrogen-bond donors (Lipinski definition) is 1. The Balaban J connectivity index is 2.07. The number of fused-ring (bicyclic) bond motifs is 3. The van der Waals surface area contributed by atoms with E-state index in [1.54, 1.807) is 4.57 Å². The molecule has 3 rings (SSSR count). The number of carbonyl (C=O) groups excluding carboxylic acids is 1. The van der Waals surface area contributed by atoms with Crippen molar-refractivity contribution in [2.24, 2.45) is 5.73 Å². The molecule has 132 valence electrons. The van der Waals surface area contributed by atoms with Crippen molar-refractivity contribution in [2.75, 3.05) is 19.0 Å². The first-order chi connectivity index (χ1) is 12.1. The average Bonchev–Trinajstić information content (AvgIpc) is 2.97. The van der Waals surface area contributed by atoms with E-state index >= 15 is 0 Å². The molecule has 0 aliphatic heterocycles. The maximum absolute atomic E-state index is 13.0. The number of nitrogens with zero attached hydrogens (tertiary/aromatic N) is 2. The van der Waals surface area contributed by atoms with Crippen LogP contribution in [0.3, 0.4) is 0 Å². The van der Waals surface area contributed by atoms with E-state index in [-0.39, 0.29) is 11.3 Å². The van der Waals surface area contributed by atoms with E-state index in [1.807, 2.05) is 31.2 Å². The van der Waals surface area contributed by atoms with Gasteiger partial charge in [-0.3, -0.25) is 14.2 Å². The molecule has 0 saturated carbocycles. The van der Waals surface area contributed by atoms with E-state index in [9.17, 15) is 9.59 Å². The molecular formula is C17H19N3O3S2. The quantitative estimate of drug-likeness (QED) is 0.370. The van der Waals surface area contributed by atoms with Crippen LogP contribution in [-0.2, 0) is 16.1 Å². The van der Waals surface area contributed by atoms with Gasteiger partial charge in [0, 0.05) is 29.8 Å². The monoisotopic (exact) mass is 377 g/mol. The SMILES string of the molecule is CCOCCCn1c(SCC(N)=O)nc2c(sc3ccccc32)c1=O. The minimum absolute atomic E-state index is 0.0744. The number of benzene rings is 1. The van der Waals surface area contributed by atoms with E-state index in [1.165, 1.54) is 23.1 Å². The maximum Gasteiger partial charge on any atom is 0.272 e. The molecule has 3 aromatic rings. The lowest BCUT2D eigenvalue weighted by molar-refractivity contribution is -0.115. The number of primary amides is 1. The molecule has 0 bridgehead atoms. The smallest absolute Gasteiger partial charge is 0.272 e. The van der Waals surface area contributed by atoms with Gasteiger partial charge < -0.3 is 10.5 Å². The van der Waals surface area contributed by atoms with Crippen LogP contribution in [0.2, 0.25) is 0 Å². The van der Waals surface area contributed by atoms with Gasteiger partial charge in [0.05, 0.1) is 11.3 Å². The summed E-state index contributed by atoms with van der Waals surface area (Å²) in [5, 5.41) is 1.48. The third kappa shape index (κ3) is 3.86. The minimum Gasteiger partial charge on any atom is -0.382 e. The largest absolute Gasteiger partial charge is 0.382 e. The second-order valence-corrected chi connectivity index (χ2v) is 7.43. The van der Waals surface area contributed by atoms with Crippen molar-refractivity contribution in [3.63, 3.8) is 0 Å². The summed E-state index contributed by atoms with van der Waals surface area (Å²) in [6, 6.07) is 7.82. The van der Waals surface area contributed by atoms with E-state index in [0.29, 0.717) is 41.6 Å². The van der Waals surface area contributed by atoms with E-state index in [0.717, 1.165) is 10.1 Å². The Morgan fingerprint density at radius 2 is 2.20 bits per heavy atom. The standard InChI is InChI=1S/C17H19N3O3S2/c1-2-23-9-5-8-20-16(22)15-14(19-17(20)24-10-13(18)21)11-6-3-4-7-12(11)25-15/h3-4,6-7H,2,5,8-10H2,1H3,(H2,18,21). The van der Waals surface area contributed by atoms with Crippen LogP contribution in [-0.4, -0.2) is 34.4 Å². The number of ether oxygens (including phenoxy) is 1. The Kier molecular flexibility index (Phi) is 5.72. The molecule has 25 heavy (non-hydrogen) atoms. The van der Waals surface area contributed by atoms with Crippen LogP contribution in [0.4, 0.5) is 0 Å². The number of hydrogen-bond acceptors (Lipinski definition) is 6. The Morgan fingerprint density at radius 1 is 1.40 bits per heavy atom. The van der Waals surface area contributed by atoms with Crippen molar-refractivity contribution >= 4 is 49.3 Å². The van der Waals surface area contributed by atoms with Crippen LogP contribution >= 0.6 is 23.1 Å². The van der Waals surface area contributed by atoms with Gasteiger partial charge in [-0.1, -0.05) is 30.0 Å². The van der Waals surface area contributed by atoms with Crippen molar-refractivity contribution in [2.45, 2.75) is 25.0 Å². The van der Waals surface area contributed by atoms with Gasteiger partial charge in [-0.05, 0) is 19.4 Å². The van der Waals surface area contributed by atoms with Gasteiger partial charge in [0.25, 0.3) is 5.56 Å². The number of rotatable bonds is 8. The number of aromatic nitrogens is 2. The third-order valence-electron chi connectivity index (χ3n) is 3.67. The molecule has 0 aliphatic rings. The summed E-state index contributed by atoms with van der Waals surface area (Å²) in [7, 11) is 0. The first-order valence-electron chi connectivity index (χ1n) is 8.02. The van der Waals surface area contributed by atoms with Crippen molar-refractivity contribution in [3.05, 3.63) is 34.6 Å².